The Morgan fingerprint density at radius 3 is 2.31 bits per heavy atom. The highest BCUT2D eigenvalue weighted by Gasteiger charge is 2.03. The van der Waals surface area contributed by atoms with Crippen molar-refractivity contribution in [3.05, 3.63) is 64.7 Å². The number of nitrogens with two attached hydrogens (primary N) is 1. The van der Waals surface area contributed by atoms with Gasteiger partial charge in [0.25, 0.3) is 0 Å². The molecule has 0 bridgehead atoms. The topological polar surface area (TPSA) is 26.0 Å². The standard InChI is InChI=1S/C15H17N/c1-11-8-12(2)15(16)10-14(11)9-13-6-4-3-5-7-13/h3-8,10H,9,16H2,1-2H3. The summed E-state index contributed by atoms with van der Waals surface area (Å²) in [6.07, 6.45) is 0.956. The van der Waals surface area contributed by atoms with Crippen LogP contribution in [0.5, 0.6) is 0 Å². The monoisotopic (exact) mass is 211 g/mol. The minimum Gasteiger partial charge on any atom is -0.399 e. The fourth-order valence-corrected chi connectivity index (χ4v) is 1.92. The molecule has 2 aromatic rings. The van der Waals surface area contributed by atoms with E-state index in [0.717, 1.165) is 17.7 Å². The molecule has 1 nitrogen and oxygen atoms in total. The first kappa shape index (κ1) is 10.7. The van der Waals surface area contributed by atoms with Gasteiger partial charge in [0.1, 0.15) is 0 Å². The van der Waals surface area contributed by atoms with Crippen LogP contribution in [0.4, 0.5) is 5.69 Å². The molecule has 0 aliphatic carbocycles. The quantitative estimate of drug-likeness (QED) is 0.756. The van der Waals surface area contributed by atoms with Crippen LogP contribution in [0.2, 0.25) is 0 Å². The highest BCUT2D eigenvalue weighted by Crippen LogP contribution is 2.20. The van der Waals surface area contributed by atoms with E-state index in [9.17, 15) is 0 Å². The molecule has 2 rings (SSSR count). The Balaban J connectivity index is 2.32. The van der Waals surface area contributed by atoms with Gasteiger partial charge in [0, 0.05) is 5.69 Å². The Morgan fingerprint density at radius 1 is 0.938 bits per heavy atom. The molecule has 2 aromatic carbocycles. The number of nitrogen functional groups attached to an aromatic ring is 1. The Labute approximate surface area is 96.9 Å². The summed E-state index contributed by atoms with van der Waals surface area (Å²) in [6, 6.07) is 14.7. The number of hydrogen-bond donors (Lipinski definition) is 1. The first-order valence-electron chi connectivity index (χ1n) is 5.56. The summed E-state index contributed by atoms with van der Waals surface area (Å²) in [6.45, 7) is 4.19. The van der Waals surface area contributed by atoms with E-state index in [4.69, 9.17) is 5.73 Å². The summed E-state index contributed by atoms with van der Waals surface area (Å²) in [5.41, 5.74) is 11.9. The molecule has 0 aliphatic heterocycles. The summed E-state index contributed by atoms with van der Waals surface area (Å²) >= 11 is 0. The van der Waals surface area contributed by atoms with E-state index in [-0.39, 0.29) is 0 Å². The maximum atomic E-state index is 5.94. The van der Waals surface area contributed by atoms with Crippen molar-refractivity contribution in [2.45, 2.75) is 20.3 Å². The number of benzene rings is 2. The summed E-state index contributed by atoms with van der Waals surface area (Å²) in [4.78, 5) is 0. The lowest BCUT2D eigenvalue weighted by Gasteiger charge is -2.09. The van der Waals surface area contributed by atoms with Gasteiger partial charge < -0.3 is 5.73 Å². The van der Waals surface area contributed by atoms with Gasteiger partial charge in [-0.05, 0) is 48.6 Å². The van der Waals surface area contributed by atoms with Crippen molar-refractivity contribution in [2.24, 2.45) is 0 Å². The van der Waals surface area contributed by atoms with E-state index in [1.54, 1.807) is 0 Å². The van der Waals surface area contributed by atoms with Crippen molar-refractivity contribution in [1.29, 1.82) is 0 Å². The molecule has 0 unspecified atom stereocenters. The van der Waals surface area contributed by atoms with Gasteiger partial charge in [0.05, 0.1) is 0 Å². The SMILES string of the molecule is Cc1cc(C)c(Cc2ccccc2)cc1N. The molecule has 0 fully saturated rings. The van der Waals surface area contributed by atoms with Crippen LogP contribution < -0.4 is 5.73 Å². The smallest absolute Gasteiger partial charge is 0.0346 e. The molecule has 0 saturated heterocycles. The zero-order valence-corrected chi connectivity index (χ0v) is 9.83. The van der Waals surface area contributed by atoms with Gasteiger partial charge in [-0.3, -0.25) is 0 Å². The number of rotatable bonds is 2. The number of hydrogen-bond acceptors (Lipinski definition) is 1. The van der Waals surface area contributed by atoms with Crippen molar-refractivity contribution in [2.75, 3.05) is 5.73 Å². The van der Waals surface area contributed by atoms with E-state index in [1.807, 2.05) is 6.07 Å². The maximum absolute atomic E-state index is 5.94. The van der Waals surface area contributed by atoms with Gasteiger partial charge in [-0.1, -0.05) is 36.4 Å². The third-order valence-corrected chi connectivity index (χ3v) is 2.96. The van der Waals surface area contributed by atoms with Crippen LogP contribution >= 0.6 is 0 Å². The normalized spacial score (nSPS) is 10.4. The zero-order valence-electron chi connectivity index (χ0n) is 9.83. The van der Waals surface area contributed by atoms with E-state index in [1.165, 1.54) is 16.7 Å². The second-order valence-electron chi connectivity index (χ2n) is 4.30. The largest absolute Gasteiger partial charge is 0.399 e. The van der Waals surface area contributed by atoms with Crippen molar-refractivity contribution >= 4 is 5.69 Å². The molecular weight excluding hydrogens is 194 g/mol. The second-order valence-corrected chi connectivity index (χ2v) is 4.30. The second kappa shape index (κ2) is 4.40. The van der Waals surface area contributed by atoms with Crippen LogP contribution in [-0.4, -0.2) is 0 Å². The van der Waals surface area contributed by atoms with Crippen molar-refractivity contribution in [3.8, 4) is 0 Å². The molecule has 82 valence electrons. The highest BCUT2D eigenvalue weighted by molar-refractivity contribution is 5.52. The van der Waals surface area contributed by atoms with Gasteiger partial charge >= 0.3 is 0 Å². The molecule has 16 heavy (non-hydrogen) atoms. The summed E-state index contributed by atoms with van der Waals surface area (Å²) in [5.74, 6) is 0. The van der Waals surface area contributed by atoms with Crippen molar-refractivity contribution in [1.82, 2.24) is 0 Å². The molecule has 0 aromatic heterocycles. The van der Waals surface area contributed by atoms with Crippen LogP contribution in [-0.2, 0) is 6.42 Å². The van der Waals surface area contributed by atoms with Gasteiger partial charge in [-0.2, -0.15) is 0 Å². The minimum absolute atomic E-state index is 0.886. The molecule has 0 radical (unpaired) electrons. The predicted molar refractivity (Wildman–Crippen MR) is 69.6 cm³/mol. The van der Waals surface area contributed by atoms with E-state index < -0.39 is 0 Å². The fourth-order valence-electron chi connectivity index (χ4n) is 1.92. The molecule has 1 heteroatoms. The van der Waals surface area contributed by atoms with Crippen LogP contribution in [0.1, 0.15) is 22.3 Å². The van der Waals surface area contributed by atoms with Crippen LogP contribution in [0.25, 0.3) is 0 Å². The first-order valence-corrected chi connectivity index (χ1v) is 5.56. The van der Waals surface area contributed by atoms with Crippen LogP contribution in [0.3, 0.4) is 0 Å². The predicted octanol–water partition coefficient (Wildman–Crippen LogP) is 3.48. The summed E-state index contributed by atoms with van der Waals surface area (Å²) in [7, 11) is 0. The minimum atomic E-state index is 0.886. The number of anilines is 1. The Morgan fingerprint density at radius 2 is 1.62 bits per heavy atom. The lowest BCUT2D eigenvalue weighted by atomic mass is 9.98. The summed E-state index contributed by atoms with van der Waals surface area (Å²) in [5, 5.41) is 0. The first-order chi connectivity index (χ1) is 7.66. The molecule has 0 atom stereocenters. The van der Waals surface area contributed by atoms with Gasteiger partial charge in [0.2, 0.25) is 0 Å². The average Bonchev–Trinajstić information content (AvgIpc) is 2.27. The van der Waals surface area contributed by atoms with Gasteiger partial charge in [-0.25, -0.2) is 0 Å². The molecule has 0 saturated carbocycles. The fraction of sp³-hybridized carbons (Fsp3) is 0.200. The maximum Gasteiger partial charge on any atom is 0.0346 e. The lowest BCUT2D eigenvalue weighted by molar-refractivity contribution is 1.15. The molecule has 2 N–H and O–H groups in total. The van der Waals surface area contributed by atoms with E-state index in [0.29, 0.717) is 0 Å². The lowest BCUT2D eigenvalue weighted by Crippen LogP contribution is -1.97. The Bertz CT molecular complexity index is 486. The zero-order chi connectivity index (χ0) is 11.5. The Kier molecular flexibility index (Phi) is 2.95. The van der Waals surface area contributed by atoms with Gasteiger partial charge in [0.15, 0.2) is 0 Å². The molecule has 0 spiro atoms. The summed E-state index contributed by atoms with van der Waals surface area (Å²) < 4.78 is 0. The van der Waals surface area contributed by atoms with E-state index >= 15 is 0 Å². The highest BCUT2D eigenvalue weighted by atomic mass is 14.6. The van der Waals surface area contributed by atoms with E-state index in [2.05, 4.69) is 50.2 Å². The van der Waals surface area contributed by atoms with Crippen LogP contribution in [0, 0.1) is 13.8 Å². The molecule has 0 aliphatic rings. The van der Waals surface area contributed by atoms with Crippen LogP contribution in [0.15, 0.2) is 42.5 Å². The molecule has 0 heterocycles. The molecule has 0 amide bonds. The third-order valence-electron chi connectivity index (χ3n) is 2.96. The average molecular weight is 211 g/mol. The van der Waals surface area contributed by atoms with Gasteiger partial charge in [-0.15, -0.1) is 0 Å². The van der Waals surface area contributed by atoms with Crippen molar-refractivity contribution in [3.63, 3.8) is 0 Å². The Hall–Kier alpha value is -1.76. The molecular formula is C15H17N. The number of aryl methyl sites for hydroxylation is 2. The van der Waals surface area contributed by atoms with Crippen molar-refractivity contribution < 1.29 is 0 Å². The third kappa shape index (κ3) is 2.25.